The fourth-order valence-electron chi connectivity index (χ4n) is 3.81. The molecule has 10 heteroatoms. The number of piperidine rings is 1. The van der Waals surface area contributed by atoms with Crippen LogP contribution in [0, 0.1) is 5.92 Å². The number of benzene rings is 2. The SMILES string of the molecule is COc1ccc(Cl)cc1NC(=O)C1CCN(S(=O)(=O)c2ccc3[nH]c(=O)ccc3c2)CC1. The van der Waals surface area contributed by atoms with Crippen molar-refractivity contribution in [3.05, 3.63) is 63.9 Å². The molecule has 2 N–H and O–H groups in total. The molecule has 3 aromatic rings. The standard InChI is InChI=1S/C22H22ClN3O5S/c1-31-20-6-3-16(23)13-19(20)25-22(28)14-8-10-26(11-9-14)32(29,30)17-4-5-18-15(12-17)2-7-21(27)24-18/h2-7,12-14H,8-11H2,1H3,(H,24,27)(H,25,28). The smallest absolute Gasteiger partial charge is 0.248 e. The van der Waals surface area contributed by atoms with Gasteiger partial charge in [-0.3, -0.25) is 9.59 Å². The highest BCUT2D eigenvalue weighted by molar-refractivity contribution is 7.89. The Hall–Kier alpha value is -2.88. The van der Waals surface area contributed by atoms with E-state index in [-0.39, 0.29) is 35.4 Å². The second-order valence-electron chi connectivity index (χ2n) is 7.58. The summed E-state index contributed by atoms with van der Waals surface area (Å²) in [5, 5.41) is 3.94. The third-order valence-electron chi connectivity index (χ3n) is 5.58. The van der Waals surface area contributed by atoms with E-state index >= 15 is 0 Å². The number of aromatic amines is 1. The van der Waals surface area contributed by atoms with Gasteiger partial charge >= 0.3 is 0 Å². The summed E-state index contributed by atoms with van der Waals surface area (Å²) in [5.41, 5.74) is 0.807. The van der Waals surface area contributed by atoms with E-state index in [2.05, 4.69) is 10.3 Å². The lowest BCUT2D eigenvalue weighted by atomic mass is 9.97. The molecular formula is C22H22ClN3O5S. The Labute approximate surface area is 190 Å². The summed E-state index contributed by atoms with van der Waals surface area (Å²) >= 11 is 6.02. The van der Waals surface area contributed by atoms with Crippen molar-refractivity contribution >= 4 is 44.1 Å². The van der Waals surface area contributed by atoms with Crippen LogP contribution in [0.15, 0.2) is 58.2 Å². The first-order valence-corrected chi connectivity index (χ1v) is 11.9. The fourth-order valence-corrected chi connectivity index (χ4v) is 5.49. The van der Waals surface area contributed by atoms with Crippen molar-refractivity contribution in [2.75, 3.05) is 25.5 Å². The molecule has 1 aromatic heterocycles. The molecule has 4 rings (SSSR count). The molecule has 1 amide bonds. The van der Waals surface area contributed by atoms with E-state index < -0.39 is 10.0 Å². The molecule has 8 nitrogen and oxygen atoms in total. The molecule has 0 spiro atoms. The van der Waals surface area contributed by atoms with Crippen molar-refractivity contribution in [2.24, 2.45) is 5.92 Å². The number of methoxy groups -OCH3 is 1. The quantitative estimate of drug-likeness (QED) is 0.589. The van der Waals surface area contributed by atoms with Crippen LogP contribution in [0.4, 0.5) is 5.69 Å². The first-order chi connectivity index (χ1) is 15.3. The number of aromatic nitrogens is 1. The highest BCUT2D eigenvalue weighted by atomic mass is 35.5. The normalized spacial score (nSPS) is 15.6. The van der Waals surface area contributed by atoms with Crippen LogP contribution < -0.4 is 15.6 Å². The molecule has 1 fully saturated rings. The first kappa shape index (κ1) is 22.3. The number of ether oxygens (including phenoxy) is 1. The van der Waals surface area contributed by atoms with Crippen LogP contribution >= 0.6 is 11.6 Å². The number of halogens is 1. The van der Waals surface area contributed by atoms with Crippen molar-refractivity contribution in [2.45, 2.75) is 17.7 Å². The molecular weight excluding hydrogens is 454 g/mol. The maximum absolute atomic E-state index is 13.1. The van der Waals surface area contributed by atoms with Gasteiger partial charge in [0.15, 0.2) is 0 Å². The molecule has 1 saturated heterocycles. The number of nitrogens with one attached hydrogen (secondary N) is 2. The van der Waals surface area contributed by atoms with Crippen LogP contribution in [0.5, 0.6) is 5.75 Å². The maximum atomic E-state index is 13.1. The Morgan fingerprint density at radius 3 is 2.59 bits per heavy atom. The molecule has 2 heterocycles. The summed E-state index contributed by atoms with van der Waals surface area (Å²) in [6.45, 7) is 0.466. The molecule has 0 atom stereocenters. The monoisotopic (exact) mass is 475 g/mol. The average molecular weight is 476 g/mol. The molecule has 32 heavy (non-hydrogen) atoms. The Morgan fingerprint density at radius 2 is 1.88 bits per heavy atom. The third-order valence-corrected chi connectivity index (χ3v) is 7.71. The number of anilines is 1. The minimum absolute atomic E-state index is 0.156. The Morgan fingerprint density at radius 1 is 1.12 bits per heavy atom. The van der Waals surface area contributed by atoms with E-state index in [4.69, 9.17) is 16.3 Å². The minimum Gasteiger partial charge on any atom is -0.495 e. The van der Waals surface area contributed by atoms with Gasteiger partial charge in [0.2, 0.25) is 21.5 Å². The number of pyridine rings is 1. The topological polar surface area (TPSA) is 109 Å². The summed E-state index contributed by atoms with van der Waals surface area (Å²) < 4.78 is 32.9. The van der Waals surface area contributed by atoms with Crippen LogP contribution in [-0.2, 0) is 14.8 Å². The predicted octanol–water partition coefficient (Wildman–Crippen LogP) is 3.23. The van der Waals surface area contributed by atoms with Crippen LogP contribution in [0.2, 0.25) is 5.02 Å². The number of carbonyl (C=O) groups is 1. The van der Waals surface area contributed by atoms with Crippen LogP contribution in [0.25, 0.3) is 10.9 Å². The van der Waals surface area contributed by atoms with Crippen LogP contribution in [-0.4, -0.2) is 43.8 Å². The molecule has 0 aliphatic carbocycles. The van der Waals surface area contributed by atoms with Crippen LogP contribution in [0.1, 0.15) is 12.8 Å². The maximum Gasteiger partial charge on any atom is 0.248 e. The molecule has 168 valence electrons. The van der Waals surface area contributed by atoms with Gasteiger partial charge in [-0.1, -0.05) is 11.6 Å². The lowest BCUT2D eigenvalue weighted by molar-refractivity contribution is -0.120. The number of H-pyrrole nitrogens is 1. The number of hydrogen-bond acceptors (Lipinski definition) is 5. The number of nitrogens with zero attached hydrogens (tertiary/aromatic N) is 1. The Kier molecular flexibility index (Phi) is 6.23. The highest BCUT2D eigenvalue weighted by Gasteiger charge is 2.32. The van der Waals surface area contributed by atoms with E-state index in [1.54, 1.807) is 36.4 Å². The fraction of sp³-hybridized carbons (Fsp3) is 0.273. The van der Waals surface area contributed by atoms with Crippen molar-refractivity contribution in [3.63, 3.8) is 0 Å². The second-order valence-corrected chi connectivity index (χ2v) is 9.96. The molecule has 0 bridgehead atoms. The zero-order chi connectivity index (χ0) is 22.9. The van der Waals surface area contributed by atoms with Crippen molar-refractivity contribution in [1.82, 2.24) is 9.29 Å². The number of rotatable bonds is 5. The molecule has 1 aliphatic rings. The lowest BCUT2D eigenvalue weighted by Crippen LogP contribution is -2.41. The molecule has 2 aromatic carbocycles. The van der Waals surface area contributed by atoms with E-state index in [1.165, 1.54) is 23.5 Å². The average Bonchev–Trinajstić information content (AvgIpc) is 2.79. The Bertz CT molecular complexity index is 1330. The molecule has 0 radical (unpaired) electrons. The van der Waals surface area contributed by atoms with Gasteiger partial charge in [-0.15, -0.1) is 0 Å². The summed E-state index contributed by atoms with van der Waals surface area (Å²) in [5.74, 6) is -0.0236. The predicted molar refractivity (Wildman–Crippen MR) is 123 cm³/mol. The summed E-state index contributed by atoms with van der Waals surface area (Å²) in [6.07, 6.45) is 0.795. The van der Waals surface area contributed by atoms with Gasteiger partial charge in [-0.05, 0) is 60.7 Å². The van der Waals surface area contributed by atoms with Crippen LogP contribution in [0.3, 0.4) is 0 Å². The van der Waals surface area contributed by atoms with E-state index in [1.807, 2.05) is 0 Å². The van der Waals surface area contributed by atoms with E-state index in [0.29, 0.717) is 40.2 Å². The lowest BCUT2D eigenvalue weighted by Gasteiger charge is -2.30. The van der Waals surface area contributed by atoms with Crippen molar-refractivity contribution < 1.29 is 17.9 Å². The van der Waals surface area contributed by atoms with Gasteiger partial charge in [0.1, 0.15) is 5.75 Å². The highest BCUT2D eigenvalue weighted by Crippen LogP contribution is 2.30. The van der Waals surface area contributed by atoms with Gasteiger partial charge in [0, 0.05) is 35.6 Å². The van der Waals surface area contributed by atoms with Gasteiger partial charge in [0.25, 0.3) is 0 Å². The zero-order valence-electron chi connectivity index (χ0n) is 17.3. The molecule has 0 saturated carbocycles. The number of hydrogen-bond donors (Lipinski definition) is 2. The summed E-state index contributed by atoms with van der Waals surface area (Å²) in [7, 11) is -2.21. The number of amides is 1. The summed E-state index contributed by atoms with van der Waals surface area (Å²) in [4.78, 5) is 27.0. The van der Waals surface area contributed by atoms with Crippen molar-refractivity contribution in [3.8, 4) is 5.75 Å². The number of carbonyl (C=O) groups excluding carboxylic acids is 1. The Balaban J connectivity index is 1.45. The summed E-state index contributed by atoms with van der Waals surface area (Å²) in [6, 6.07) is 12.5. The van der Waals surface area contributed by atoms with Crippen molar-refractivity contribution in [1.29, 1.82) is 0 Å². The second kappa shape index (κ2) is 8.93. The molecule has 0 unspecified atom stereocenters. The van der Waals surface area contributed by atoms with Gasteiger partial charge in [0.05, 0.1) is 17.7 Å². The minimum atomic E-state index is -3.72. The zero-order valence-corrected chi connectivity index (χ0v) is 18.9. The number of fused-ring (bicyclic) bond motifs is 1. The van der Waals surface area contributed by atoms with Gasteiger partial charge < -0.3 is 15.0 Å². The first-order valence-electron chi connectivity index (χ1n) is 10.1. The molecule has 1 aliphatic heterocycles. The van der Waals surface area contributed by atoms with E-state index in [0.717, 1.165) is 0 Å². The van der Waals surface area contributed by atoms with Gasteiger partial charge in [-0.2, -0.15) is 4.31 Å². The largest absolute Gasteiger partial charge is 0.495 e. The van der Waals surface area contributed by atoms with E-state index in [9.17, 15) is 18.0 Å². The number of sulfonamides is 1. The van der Waals surface area contributed by atoms with Gasteiger partial charge in [-0.25, -0.2) is 8.42 Å². The third kappa shape index (κ3) is 4.50.